The predicted molar refractivity (Wildman–Crippen MR) is 118 cm³/mol. The maximum Gasteiger partial charge on any atom is 0.240 e. The number of carbonyl (C=O) groups excluding carboxylic acids is 2. The Morgan fingerprint density at radius 2 is 1.10 bits per heavy atom. The van der Waals surface area contributed by atoms with Gasteiger partial charge in [0.15, 0.2) is 0 Å². The van der Waals surface area contributed by atoms with Crippen LogP contribution in [-0.4, -0.2) is 24.2 Å². The molecule has 2 N–H and O–H groups in total. The molecule has 2 rings (SSSR count). The molecule has 0 aliphatic carbocycles. The molecule has 6 nitrogen and oxygen atoms in total. The second-order valence-corrected chi connectivity index (χ2v) is 6.02. The lowest BCUT2D eigenvalue weighted by Gasteiger charge is -1.99. The molecule has 29 heavy (non-hydrogen) atoms. The second-order valence-electron chi connectivity index (χ2n) is 6.02. The lowest BCUT2D eigenvalue weighted by atomic mass is 10.2. The molecule has 2 aromatic rings. The molecule has 0 radical (unpaired) electrons. The molecular weight excluding hydrogens is 364 g/mol. The zero-order valence-corrected chi connectivity index (χ0v) is 16.1. The van der Waals surface area contributed by atoms with Crippen LogP contribution in [-0.2, 0) is 9.59 Å². The smallest absolute Gasteiger partial charge is 0.240 e. The van der Waals surface area contributed by atoms with Gasteiger partial charge in [-0.05, 0) is 29.7 Å². The number of hydrogen-bond acceptors (Lipinski definition) is 4. The first-order valence-corrected chi connectivity index (χ1v) is 9.31. The number of nitrogens with one attached hydrogen (secondary N) is 2. The first kappa shape index (κ1) is 21.5. The zero-order valence-electron chi connectivity index (χ0n) is 16.1. The van der Waals surface area contributed by atoms with Gasteiger partial charge in [-0.1, -0.05) is 72.8 Å². The average molecular weight is 388 g/mol. The highest BCUT2D eigenvalue weighted by Crippen LogP contribution is 2.00. The van der Waals surface area contributed by atoms with E-state index in [0.717, 1.165) is 11.1 Å². The van der Waals surface area contributed by atoms with Crippen LogP contribution in [0.25, 0.3) is 12.2 Å². The van der Waals surface area contributed by atoms with Gasteiger partial charge in [0.1, 0.15) is 0 Å². The van der Waals surface area contributed by atoms with Gasteiger partial charge in [0.25, 0.3) is 0 Å². The minimum absolute atomic E-state index is 0.213. The highest BCUT2D eigenvalue weighted by Gasteiger charge is 2.03. The largest absolute Gasteiger partial charge is 0.273 e. The standard InChI is InChI=1S/C23H24N4O2/c28-22(26-24-18-8-14-20-10-3-1-4-11-20)16-7-17-23(29)27-25-19-9-15-21-12-5-2-6-13-21/h1-6,8-15,18-19H,7,16-17H2,(H,26,28)(H,27,29)/b14-8+,15-9?,24-18+,25-19+. The van der Waals surface area contributed by atoms with Crippen LogP contribution < -0.4 is 10.9 Å². The van der Waals surface area contributed by atoms with Crippen LogP contribution in [0.3, 0.4) is 0 Å². The van der Waals surface area contributed by atoms with E-state index in [-0.39, 0.29) is 24.7 Å². The van der Waals surface area contributed by atoms with E-state index < -0.39 is 0 Å². The number of hydrogen-bond donors (Lipinski definition) is 2. The fourth-order valence-electron chi connectivity index (χ4n) is 2.26. The van der Waals surface area contributed by atoms with Crippen LogP contribution in [0.4, 0.5) is 0 Å². The molecule has 2 aromatic carbocycles. The molecule has 0 spiro atoms. The van der Waals surface area contributed by atoms with Crippen molar-refractivity contribution < 1.29 is 9.59 Å². The molecular formula is C23H24N4O2. The molecule has 6 heteroatoms. The van der Waals surface area contributed by atoms with E-state index in [0.29, 0.717) is 6.42 Å². The van der Waals surface area contributed by atoms with Crippen LogP contribution >= 0.6 is 0 Å². The van der Waals surface area contributed by atoms with Gasteiger partial charge in [-0.25, -0.2) is 10.9 Å². The zero-order chi connectivity index (χ0) is 20.6. The summed E-state index contributed by atoms with van der Waals surface area (Å²) < 4.78 is 0. The summed E-state index contributed by atoms with van der Waals surface area (Å²) in [6, 6.07) is 19.6. The Kier molecular flexibility index (Phi) is 9.92. The fraction of sp³-hybridized carbons (Fsp3) is 0.130. The van der Waals surface area contributed by atoms with Crippen molar-refractivity contribution in [1.29, 1.82) is 0 Å². The molecule has 148 valence electrons. The van der Waals surface area contributed by atoms with Crippen molar-refractivity contribution in [1.82, 2.24) is 10.9 Å². The minimum Gasteiger partial charge on any atom is -0.273 e. The van der Waals surface area contributed by atoms with E-state index in [1.165, 1.54) is 12.4 Å². The van der Waals surface area contributed by atoms with E-state index in [9.17, 15) is 9.59 Å². The molecule has 0 aromatic heterocycles. The average Bonchev–Trinajstić information content (AvgIpc) is 2.75. The van der Waals surface area contributed by atoms with Crippen LogP contribution in [0.5, 0.6) is 0 Å². The van der Waals surface area contributed by atoms with Crippen LogP contribution in [0.1, 0.15) is 30.4 Å². The number of allylic oxidation sites excluding steroid dienone is 2. The van der Waals surface area contributed by atoms with Crippen molar-refractivity contribution in [3.63, 3.8) is 0 Å². The number of rotatable bonds is 10. The highest BCUT2D eigenvalue weighted by atomic mass is 16.2. The summed E-state index contributed by atoms with van der Waals surface area (Å²) in [5, 5.41) is 7.67. The Labute approximate surface area is 170 Å². The molecule has 0 atom stereocenters. The lowest BCUT2D eigenvalue weighted by molar-refractivity contribution is -0.122. The summed E-state index contributed by atoms with van der Waals surface area (Å²) in [6.07, 6.45) is 11.1. The Morgan fingerprint density at radius 1 is 0.690 bits per heavy atom. The maximum absolute atomic E-state index is 11.7. The van der Waals surface area contributed by atoms with Gasteiger partial charge in [0, 0.05) is 25.3 Å². The van der Waals surface area contributed by atoms with Gasteiger partial charge in [-0.2, -0.15) is 10.2 Å². The van der Waals surface area contributed by atoms with Gasteiger partial charge < -0.3 is 0 Å². The van der Waals surface area contributed by atoms with Gasteiger partial charge in [-0.3, -0.25) is 9.59 Å². The van der Waals surface area contributed by atoms with E-state index in [4.69, 9.17) is 0 Å². The summed E-state index contributed by atoms with van der Waals surface area (Å²) >= 11 is 0. The van der Waals surface area contributed by atoms with Crippen LogP contribution in [0, 0.1) is 0 Å². The normalized spacial score (nSPS) is 11.6. The molecule has 0 fully saturated rings. The first-order valence-electron chi connectivity index (χ1n) is 9.31. The van der Waals surface area contributed by atoms with E-state index >= 15 is 0 Å². The Balaban J connectivity index is 1.55. The number of carbonyl (C=O) groups is 2. The Hall–Kier alpha value is -3.80. The third kappa shape index (κ3) is 10.2. The van der Waals surface area contributed by atoms with Gasteiger partial charge in [0.2, 0.25) is 11.8 Å². The summed E-state index contributed by atoms with van der Waals surface area (Å²) in [7, 11) is 0. The van der Waals surface area contributed by atoms with Crippen molar-refractivity contribution in [3.05, 3.63) is 83.9 Å². The third-order valence-electron chi connectivity index (χ3n) is 3.68. The summed E-state index contributed by atoms with van der Waals surface area (Å²) in [5.41, 5.74) is 6.95. The molecule has 0 aliphatic heterocycles. The van der Waals surface area contributed by atoms with Crippen LogP contribution in [0.2, 0.25) is 0 Å². The SMILES string of the molecule is O=C(CCCC(=O)N/N=C/C=C/c1ccccc1)N/N=C/C=Cc1ccccc1. The number of amides is 2. The Bertz CT molecular complexity index is 799. The van der Waals surface area contributed by atoms with Crippen molar-refractivity contribution >= 4 is 36.4 Å². The van der Waals surface area contributed by atoms with E-state index in [2.05, 4.69) is 21.1 Å². The monoisotopic (exact) mass is 388 g/mol. The first-order chi connectivity index (χ1) is 14.2. The van der Waals surface area contributed by atoms with Gasteiger partial charge in [-0.15, -0.1) is 0 Å². The molecule has 0 saturated carbocycles. The number of hydrazone groups is 2. The molecule has 0 heterocycles. The molecule has 0 aliphatic rings. The van der Waals surface area contributed by atoms with Gasteiger partial charge >= 0.3 is 0 Å². The third-order valence-corrected chi connectivity index (χ3v) is 3.68. The molecule has 2 amide bonds. The minimum atomic E-state index is -0.239. The van der Waals surface area contributed by atoms with E-state index in [1.807, 2.05) is 72.8 Å². The summed E-state index contributed by atoms with van der Waals surface area (Å²) in [4.78, 5) is 23.3. The van der Waals surface area contributed by atoms with Gasteiger partial charge in [0.05, 0.1) is 0 Å². The highest BCUT2D eigenvalue weighted by molar-refractivity contribution is 5.83. The predicted octanol–water partition coefficient (Wildman–Crippen LogP) is 3.79. The number of nitrogens with zero attached hydrogens (tertiary/aromatic N) is 2. The van der Waals surface area contributed by atoms with Crippen molar-refractivity contribution in [2.75, 3.05) is 0 Å². The lowest BCUT2D eigenvalue weighted by Crippen LogP contribution is -2.20. The molecule has 0 bridgehead atoms. The quantitative estimate of drug-likeness (QED) is 0.479. The van der Waals surface area contributed by atoms with E-state index in [1.54, 1.807) is 12.2 Å². The summed E-state index contributed by atoms with van der Waals surface area (Å²) in [6.45, 7) is 0. The van der Waals surface area contributed by atoms with Crippen molar-refractivity contribution in [3.8, 4) is 0 Å². The summed E-state index contributed by atoms with van der Waals surface area (Å²) in [5.74, 6) is -0.479. The Morgan fingerprint density at radius 3 is 1.52 bits per heavy atom. The molecule has 0 unspecified atom stereocenters. The van der Waals surface area contributed by atoms with Crippen LogP contribution in [0.15, 0.2) is 83.0 Å². The maximum atomic E-state index is 11.7. The van der Waals surface area contributed by atoms with Crippen molar-refractivity contribution in [2.45, 2.75) is 19.3 Å². The number of benzene rings is 2. The molecule has 0 saturated heterocycles. The topological polar surface area (TPSA) is 82.9 Å². The van der Waals surface area contributed by atoms with Crippen molar-refractivity contribution in [2.24, 2.45) is 10.2 Å². The fourth-order valence-corrected chi connectivity index (χ4v) is 2.26. The second kappa shape index (κ2) is 13.4.